The maximum atomic E-state index is 12.9. The maximum Gasteiger partial charge on any atom is 0.251 e. The van der Waals surface area contributed by atoms with Crippen LogP contribution >= 0.6 is 11.6 Å². The number of carbonyl (C=O) groups is 1. The zero-order chi connectivity index (χ0) is 24.9. The molecular formula is C29H34ClN3O3. The Morgan fingerprint density at radius 1 is 1.14 bits per heavy atom. The van der Waals surface area contributed by atoms with Gasteiger partial charge in [0.2, 0.25) is 0 Å². The first kappa shape index (κ1) is 27.2. The smallest absolute Gasteiger partial charge is 0.251 e. The van der Waals surface area contributed by atoms with Gasteiger partial charge in [0.15, 0.2) is 0 Å². The number of hydrogen-bond acceptors (Lipinski definition) is 4. The molecule has 0 fully saturated rings. The van der Waals surface area contributed by atoms with E-state index in [1.165, 1.54) is 0 Å². The van der Waals surface area contributed by atoms with E-state index < -0.39 is 0 Å². The van der Waals surface area contributed by atoms with Crippen molar-refractivity contribution in [2.75, 3.05) is 6.61 Å². The van der Waals surface area contributed by atoms with Gasteiger partial charge >= 0.3 is 0 Å². The lowest BCUT2D eigenvalue weighted by Gasteiger charge is -2.19. The summed E-state index contributed by atoms with van der Waals surface area (Å²) >= 11 is 6.29. The van der Waals surface area contributed by atoms with Gasteiger partial charge in [0.1, 0.15) is 11.4 Å². The van der Waals surface area contributed by atoms with Crippen molar-refractivity contribution >= 4 is 23.2 Å². The molecule has 2 aromatic heterocycles. The van der Waals surface area contributed by atoms with Crippen molar-refractivity contribution in [3.05, 3.63) is 88.7 Å². The second-order valence-corrected chi connectivity index (χ2v) is 9.32. The van der Waals surface area contributed by atoms with Gasteiger partial charge in [0.25, 0.3) is 5.91 Å². The fraction of sp³-hybridized carbons (Fsp3) is 0.310. The molecule has 0 aliphatic heterocycles. The third-order valence-electron chi connectivity index (χ3n) is 5.80. The van der Waals surface area contributed by atoms with Gasteiger partial charge in [-0.3, -0.25) is 4.79 Å². The van der Waals surface area contributed by atoms with Gasteiger partial charge in [0, 0.05) is 35.7 Å². The van der Waals surface area contributed by atoms with Gasteiger partial charge in [-0.15, -0.1) is 0 Å². The number of pyridine rings is 1. The first-order valence-electron chi connectivity index (χ1n) is 11.8. The first-order valence-corrected chi connectivity index (χ1v) is 12.1. The number of aliphatic hydroxyl groups excluding tert-OH is 1. The summed E-state index contributed by atoms with van der Waals surface area (Å²) < 4.78 is 7.71. The fourth-order valence-electron chi connectivity index (χ4n) is 4.02. The predicted molar refractivity (Wildman–Crippen MR) is 146 cm³/mol. The molecule has 4 rings (SSSR count). The Bertz CT molecular complexity index is 1320. The number of hydrogen-bond donors (Lipinski definition) is 2. The van der Waals surface area contributed by atoms with Crippen molar-refractivity contribution in [1.29, 1.82) is 0 Å². The summed E-state index contributed by atoms with van der Waals surface area (Å²) in [4.78, 5) is 17.6. The molecule has 7 heteroatoms. The maximum absolute atomic E-state index is 12.9. The second-order valence-electron chi connectivity index (χ2n) is 8.92. The van der Waals surface area contributed by atoms with Crippen LogP contribution in [-0.4, -0.2) is 39.2 Å². The average Bonchev–Trinajstić information content (AvgIpc) is 3.26. The summed E-state index contributed by atoms with van der Waals surface area (Å²) in [6.07, 6.45) is 3.07. The summed E-state index contributed by atoms with van der Waals surface area (Å²) in [6.45, 7) is 5.87. The minimum Gasteiger partial charge on any atom is -0.489 e. The van der Waals surface area contributed by atoms with Crippen LogP contribution in [0.5, 0.6) is 5.75 Å². The van der Waals surface area contributed by atoms with E-state index in [0.717, 1.165) is 28.2 Å². The number of benzene rings is 2. The van der Waals surface area contributed by atoms with Gasteiger partial charge in [-0.25, -0.2) is 4.98 Å². The predicted octanol–water partition coefficient (Wildman–Crippen LogP) is 6.11. The van der Waals surface area contributed by atoms with Crippen molar-refractivity contribution in [1.82, 2.24) is 14.7 Å². The minimum absolute atomic E-state index is 0. The van der Waals surface area contributed by atoms with Gasteiger partial charge in [-0.2, -0.15) is 0 Å². The molecule has 1 amide bonds. The molecule has 190 valence electrons. The minimum atomic E-state index is -0.238. The number of amides is 1. The van der Waals surface area contributed by atoms with Crippen LogP contribution in [0.3, 0.4) is 0 Å². The van der Waals surface area contributed by atoms with E-state index in [0.29, 0.717) is 29.2 Å². The fourth-order valence-corrected chi connectivity index (χ4v) is 4.25. The normalized spacial score (nSPS) is 11.8. The van der Waals surface area contributed by atoms with Crippen LogP contribution in [-0.2, 0) is 6.42 Å². The highest BCUT2D eigenvalue weighted by Gasteiger charge is 2.16. The first-order chi connectivity index (χ1) is 16.8. The van der Waals surface area contributed by atoms with E-state index in [-0.39, 0.29) is 32.1 Å². The molecule has 0 aliphatic carbocycles. The van der Waals surface area contributed by atoms with Crippen molar-refractivity contribution < 1.29 is 14.6 Å². The van der Waals surface area contributed by atoms with Crippen molar-refractivity contribution in [2.45, 2.75) is 53.2 Å². The zero-order valence-electron chi connectivity index (χ0n) is 20.2. The lowest BCUT2D eigenvalue weighted by Crippen LogP contribution is -2.37. The third kappa shape index (κ3) is 6.45. The molecule has 6 nitrogen and oxygen atoms in total. The number of nitrogens with zero attached hydrogens (tertiary/aromatic N) is 2. The Hall–Kier alpha value is -3.35. The molecule has 2 aromatic carbocycles. The Kier molecular flexibility index (Phi) is 9.13. The number of carbonyl (C=O) groups excluding carboxylic acids is 1. The Labute approximate surface area is 217 Å². The number of aliphatic hydroxyl groups is 1. The molecule has 0 saturated carbocycles. The lowest BCUT2D eigenvalue weighted by atomic mass is 10.0. The number of rotatable bonds is 9. The van der Waals surface area contributed by atoms with Crippen LogP contribution in [0.25, 0.3) is 16.9 Å². The summed E-state index contributed by atoms with van der Waals surface area (Å²) in [7, 11) is 0. The molecule has 2 heterocycles. The van der Waals surface area contributed by atoms with E-state index in [9.17, 15) is 9.90 Å². The Morgan fingerprint density at radius 3 is 2.53 bits per heavy atom. The number of aromatic nitrogens is 2. The molecule has 0 spiro atoms. The van der Waals surface area contributed by atoms with Gasteiger partial charge in [-0.1, -0.05) is 49.4 Å². The number of nitrogens with one attached hydrogen (secondary N) is 1. The molecular weight excluding hydrogens is 474 g/mol. The van der Waals surface area contributed by atoms with Crippen molar-refractivity contribution in [2.24, 2.45) is 0 Å². The topological polar surface area (TPSA) is 75.9 Å². The van der Waals surface area contributed by atoms with Gasteiger partial charge in [0.05, 0.1) is 16.8 Å². The number of imidazole rings is 1. The summed E-state index contributed by atoms with van der Waals surface area (Å²) in [5, 5.41) is 13.0. The molecule has 0 unspecified atom stereocenters. The highest BCUT2D eigenvalue weighted by molar-refractivity contribution is 6.32. The van der Waals surface area contributed by atoms with Gasteiger partial charge < -0.3 is 19.6 Å². The highest BCUT2D eigenvalue weighted by atomic mass is 35.5. The summed E-state index contributed by atoms with van der Waals surface area (Å²) in [5.41, 5.74) is 5.49. The van der Waals surface area contributed by atoms with E-state index in [1.807, 2.05) is 56.4 Å². The van der Waals surface area contributed by atoms with Crippen molar-refractivity contribution in [3.8, 4) is 17.0 Å². The van der Waals surface area contributed by atoms with E-state index in [1.54, 1.807) is 18.2 Å². The number of halogens is 1. The molecule has 0 bridgehead atoms. The van der Waals surface area contributed by atoms with Gasteiger partial charge in [-0.05, 0) is 69.5 Å². The second kappa shape index (κ2) is 12.1. The Balaban J connectivity index is 0.00000361. The SMILES string of the molecule is C.Cc1cccc2nc(-c3ccc(C[C@@H](CCO)NC(=O)c4ccc(OC(C)C)c(Cl)c4)cc3)cn12. The third-order valence-corrected chi connectivity index (χ3v) is 6.09. The van der Waals surface area contributed by atoms with Crippen LogP contribution < -0.4 is 10.1 Å². The monoisotopic (exact) mass is 507 g/mol. The van der Waals surface area contributed by atoms with Crippen LogP contribution in [0.4, 0.5) is 0 Å². The standard InChI is InChI=1S/C28H30ClN3O3.CH4/c1-18(2)35-26-12-11-22(16-24(26)29)28(34)30-23(13-14-33)15-20-7-9-21(10-8-20)25-17-32-19(3)5-4-6-27(32)31-25;/h4-12,16-18,23,33H,13-15H2,1-3H3,(H,30,34);1H4/t23-;/m1./s1. The molecule has 2 N–H and O–H groups in total. The quantitative estimate of drug-likeness (QED) is 0.286. The van der Waals surface area contributed by atoms with Crippen LogP contribution in [0.2, 0.25) is 5.02 Å². The van der Waals surface area contributed by atoms with Crippen LogP contribution in [0.15, 0.2) is 66.9 Å². The molecule has 0 aliphatic rings. The number of fused-ring (bicyclic) bond motifs is 1. The van der Waals surface area contributed by atoms with E-state index >= 15 is 0 Å². The van der Waals surface area contributed by atoms with Crippen LogP contribution in [0.1, 0.15) is 49.3 Å². The van der Waals surface area contributed by atoms with E-state index in [2.05, 4.69) is 22.7 Å². The zero-order valence-corrected chi connectivity index (χ0v) is 20.9. The van der Waals surface area contributed by atoms with E-state index in [4.69, 9.17) is 21.3 Å². The average molecular weight is 508 g/mol. The summed E-state index contributed by atoms with van der Waals surface area (Å²) in [6, 6.07) is 19.0. The molecule has 0 radical (unpaired) electrons. The molecule has 36 heavy (non-hydrogen) atoms. The molecule has 1 atom stereocenters. The molecule has 4 aromatic rings. The largest absolute Gasteiger partial charge is 0.489 e. The Morgan fingerprint density at radius 2 is 1.89 bits per heavy atom. The van der Waals surface area contributed by atoms with Crippen LogP contribution in [0, 0.1) is 6.92 Å². The molecule has 0 saturated heterocycles. The lowest BCUT2D eigenvalue weighted by molar-refractivity contribution is 0.0930. The number of ether oxygens (including phenoxy) is 1. The summed E-state index contributed by atoms with van der Waals surface area (Å²) in [5.74, 6) is 0.309. The highest BCUT2D eigenvalue weighted by Crippen LogP contribution is 2.27. The van der Waals surface area contributed by atoms with Crippen molar-refractivity contribution in [3.63, 3.8) is 0 Å². The number of aryl methyl sites for hydroxylation is 1.